The largest absolute Gasteiger partial charge is 0.508 e. The van der Waals surface area contributed by atoms with E-state index in [-0.39, 0.29) is 29.4 Å². The third-order valence-corrected chi connectivity index (χ3v) is 6.14. The molecule has 2 aliphatic heterocycles. The Hall–Kier alpha value is -2.12. The molecule has 27 heavy (non-hydrogen) atoms. The van der Waals surface area contributed by atoms with Gasteiger partial charge in [-0.25, -0.2) is 0 Å². The Bertz CT molecular complexity index is 822. The number of imide groups is 1. The zero-order chi connectivity index (χ0) is 19.3. The number of likely N-dealkylation sites (tertiary alicyclic amines) is 1. The molecule has 1 aliphatic carbocycles. The van der Waals surface area contributed by atoms with E-state index >= 15 is 0 Å². The highest BCUT2D eigenvalue weighted by molar-refractivity contribution is 6.53. The van der Waals surface area contributed by atoms with Crippen molar-refractivity contribution < 1.29 is 24.4 Å². The summed E-state index contributed by atoms with van der Waals surface area (Å²) >= 11 is 0. The van der Waals surface area contributed by atoms with Gasteiger partial charge in [0.15, 0.2) is 0 Å². The fourth-order valence-electron chi connectivity index (χ4n) is 5.01. The molecule has 0 saturated carbocycles. The quantitative estimate of drug-likeness (QED) is 0.630. The van der Waals surface area contributed by atoms with Crippen LogP contribution in [0.15, 0.2) is 35.3 Å². The summed E-state index contributed by atoms with van der Waals surface area (Å²) < 4.78 is 5.83. The Labute approximate surface area is 159 Å². The third-order valence-electron chi connectivity index (χ3n) is 6.14. The number of benzene rings is 1. The molecule has 2 fully saturated rings. The van der Waals surface area contributed by atoms with Gasteiger partial charge in [-0.3, -0.25) is 14.5 Å². The summed E-state index contributed by atoms with van der Waals surface area (Å²) in [7, 11) is -1.10. The Morgan fingerprint density at radius 1 is 1.26 bits per heavy atom. The highest BCUT2D eigenvalue weighted by atomic mass is 16.5. The molecule has 6 nitrogen and oxygen atoms in total. The van der Waals surface area contributed by atoms with E-state index < -0.39 is 19.1 Å². The molecule has 2 amide bonds. The van der Waals surface area contributed by atoms with Gasteiger partial charge in [-0.15, -0.1) is 0 Å². The van der Waals surface area contributed by atoms with Gasteiger partial charge in [0.05, 0.1) is 17.9 Å². The molecule has 0 unspecified atom stereocenters. The number of allylic oxidation sites excluding steroid dienone is 2. The predicted octanol–water partition coefficient (Wildman–Crippen LogP) is 2.22. The second kappa shape index (κ2) is 6.80. The normalized spacial score (nSPS) is 30.6. The number of phenols is 1. The summed E-state index contributed by atoms with van der Waals surface area (Å²) in [4.78, 5) is 27.2. The van der Waals surface area contributed by atoms with E-state index in [0.29, 0.717) is 19.4 Å². The summed E-state index contributed by atoms with van der Waals surface area (Å²) in [5.41, 5.74) is 2.46. The monoisotopic (exact) mass is 369 g/mol. The van der Waals surface area contributed by atoms with Crippen molar-refractivity contribution >= 4 is 18.9 Å². The molecule has 7 heteroatoms. The van der Waals surface area contributed by atoms with Crippen LogP contribution in [0.1, 0.15) is 44.8 Å². The Kier molecular flexibility index (Phi) is 4.60. The van der Waals surface area contributed by atoms with Gasteiger partial charge < -0.3 is 14.8 Å². The summed E-state index contributed by atoms with van der Waals surface area (Å²) in [6.07, 6.45) is 1.31. The summed E-state index contributed by atoms with van der Waals surface area (Å²) in [5.74, 6) is -1.07. The minimum Gasteiger partial charge on any atom is -0.508 e. The van der Waals surface area contributed by atoms with Gasteiger partial charge in [0.25, 0.3) is 0 Å². The number of aromatic hydroxyl groups is 1. The average Bonchev–Trinajstić information content (AvgIpc) is 2.86. The molecule has 0 bridgehead atoms. The summed E-state index contributed by atoms with van der Waals surface area (Å²) in [6.45, 7) is 4.31. The molecule has 3 aliphatic rings. The van der Waals surface area contributed by atoms with Gasteiger partial charge in [0.1, 0.15) is 5.75 Å². The summed E-state index contributed by atoms with van der Waals surface area (Å²) in [5, 5.41) is 20.4. The number of hydrogen-bond donors (Lipinski definition) is 2. The molecular weight excluding hydrogens is 345 g/mol. The average molecular weight is 369 g/mol. The van der Waals surface area contributed by atoms with Gasteiger partial charge >= 0.3 is 7.12 Å². The Morgan fingerprint density at radius 2 is 2.04 bits per heavy atom. The van der Waals surface area contributed by atoms with E-state index in [4.69, 9.17) is 4.65 Å². The van der Waals surface area contributed by atoms with Gasteiger partial charge in [-0.1, -0.05) is 24.6 Å². The molecule has 1 aromatic rings. The summed E-state index contributed by atoms with van der Waals surface area (Å²) in [6, 6.07) is 6.76. The first-order valence-electron chi connectivity index (χ1n) is 9.59. The number of fused-ring (bicyclic) bond motifs is 3. The van der Waals surface area contributed by atoms with E-state index in [1.165, 1.54) is 4.90 Å². The van der Waals surface area contributed by atoms with Crippen molar-refractivity contribution in [3.05, 3.63) is 40.9 Å². The van der Waals surface area contributed by atoms with Gasteiger partial charge in [0.2, 0.25) is 11.8 Å². The number of nitrogens with zero attached hydrogens (tertiary/aromatic N) is 1. The fourth-order valence-corrected chi connectivity index (χ4v) is 5.01. The maximum atomic E-state index is 13.0. The van der Waals surface area contributed by atoms with Crippen LogP contribution in [0.2, 0.25) is 0 Å². The highest BCUT2D eigenvalue weighted by Gasteiger charge is 2.57. The van der Waals surface area contributed by atoms with Crippen LogP contribution in [-0.2, 0) is 14.2 Å². The molecule has 4 rings (SSSR count). The third kappa shape index (κ3) is 2.89. The van der Waals surface area contributed by atoms with Crippen LogP contribution in [0.3, 0.4) is 0 Å². The smallest absolute Gasteiger partial charge is 0.487 e. The number of hydrogen-bond acceptors (Lipinski definition) is 5. The van der Waals surface area contributed by atoms with E-state index in [1.54, 1.807) is 18.2 Å². The molecule has 1 aromatic carbocycles. The molecule has 0 spiro atoms. The second-order valence-corrected chi connectivity index (χ2v) is 7.81. The molecule has 0 radical (unpaired) electrons. The van der Waals surface area contributed by atoms with Crippen LogP contribution < -0.4 is 0 Å². The predicted molar refractivity (Wildman–Crippen MR) is 99.3 cm³/mol. The van der Waals surface area contributed by atoms with Crippen molar-refractivity contribution in [2.75, 3.05) is 6.54 Å². The molecule has 2 heterocycles. The van der Waals surface area contributed by atoms with Crippen molar-refractivity contribution in [2.45, 2.75) is 39.2 Å². The van der Waals surface area contributed by atoms with Crippen molar-refractivity contribution in [3.63, 3.8) is 0 Å². The van der Waals surface area contributed by atoms with Gasteiger partial charge in [-0.2, -0.15) is 0 Å². The van der Waals surface area contributed by atoms with E-state index in [2.05, 4.69) is 0 Å². The minimum atomic E-state index is -1.10. The molecule has 142 valence electrons. The molecule has 4 atom stereocenters. The fraction of sp³-hybridized carbons (Fsp3) is 0.500. The van der Waals surface area contributed by atoms with Crippen molar-refractivity contribution in [1.29, 1.82) is 0 Å². The number of rotatable bonds is 3. The lowest BCUT2D eigenvalue weighted by Crippen LogP contribution is -2.44. The lowest BCUT2D eigenvalue weighted by Gasteiger charge is -2.41. The van der Waals surface area contributed by atoms with Crippen LogP contribution in [0.5, 0.6) is 5.75 Å². The van der Waals surface area contributed by atoms with E-state index in [1.807, 2.05) is 19.9 Å². The minimum absolute atomic E-state index is 0.0832. The zero-order valence-electron chi connectivity index (χ0n) is 15.6. The molecule has 0 aromatic heterocycles. The van der Waals surface area contributed by atoms with Crippen molar-refractivity contribution in [2.24, 2.45) is 17.8 Å². The van der Waals surface area contributed by atoms with Crippen molar-refractivity contribution in [1.82, 2.24) is 4.90 Å². The number of carbonyl (C=O) groups excluding carboxylic acids is 2. The molecular formula is C20H24BNO5. The number of carbonyl (C=O) groups is 2. The molecule has 2 N–H and O–H groups in total. The first kappa shape index (κ1) is 18.3. The van der Waals surface area contributed by atoms with Gasteiger partial charge in [-0.05, 0) is 55.3 Å². The van der Waals surface area contributed by atoms with Gasteiger partial charge in [0, 0.05) is 6.54 Å². The first-order chi connectivity index (χ1) is 12.9. The maximum absolute atomic E-state index is 13.0. The lowest BCUT2D eigenvalue weighted by atomic mass is 9.55. The molecule has 2 saturated heterocycles. The zero-order valence-corrected chi connectivity index (χ0v) is 15.6. The van der Waals surface area contributed by atoms with Crippen LogP contribution in [0.25, 0.3) is 0 Å². The Balaban J connectivity index is 1.70. The maximum Gasteiger partial charge on any atom is 0.487 e. The topological polar surface area (TPSA) is 87.1 Å². The highest BCUT2D eigenvalue weighted by Crippen LogP contribution is 2.51. The Morgan fingerprint density at radius 3 is 2.74 bits per heavy atom. The van der Waals surface area contributed by atoms with E-state index in [9.17, 15) is 19.7 Å². The van der Waals surface area contributed by atoms with Crippen LogP contribution in [0, 0.1) is 17.8 Å². The SMILES string of the molecule is CCCN1C(=O)[C@H]2[C@H](CC(C)=C3B(O)O[C@H](c4cccc(O)c4)C[C@H]32)C1=O. The number of amides is 2. The second-order valence-electron chi connectivity index (χ2n) is 7.81. The lowest BCUT2D eigenvalue weighted by molar-refractivity contribution is -0.140. The van der Waals surface area contributed by atoms with Crippen LogP contribution in [0.4, 0.5) is 0 Å². The standard InChI is InChI=1S/C20H24BNO5/c1-3-7-22-19(24)15-8-11(2)18-14(17(15)20(22)25)10-16(27-21(18)26)12-5-4-6-13(23)9-12/h4-6,9,14-17,23,26H,3,7-8,10H2,1-2H3/t14-,15-,16-,17+/m0/s1. The van der Waals surface area contributed by atoms with Crippen LogP contribution >= 0.6 is 0 Å². The van der Waals surface area contributed by atoms with E-state index in [0.717, 1.165) is 23.0 Å². The van der Waals surface area contributed by atoms with Crippen LogP contribution in [-0.4, -0.2) is 40.5 Å². The first-order valence-corrected chi connectivity index (χ1v) is 9.59. The van der Waals surface area contributed by atoms with Crippen molar-refractivity contribution in [3.8, 4) is 5.75 Å². The number of phenolic OH excluding ortho intramolecular Hbond substituents is 1.